The van der Waals surface area contributed by atoms with Crippen molar-refractivity contribution in [2.75, 3.05) is 36.0 Å². The van der Waals surface area contributed by atoms with Crippen LogP contribution in [0.15, 0.2) is 41.6 Å². The number of rotatable bonds is 8. The first-order valence-corrected chi connectivity index (χ1v) is 15.6. The molecule has 1 N–H and O–H groups in total. The largest absolute Gasteiger partial charge is 0.356 e. The van der Waals surface area contributed by atoms with Crippen molar-refractivity contribution in [2.45, 2.75) is 12.3 Å². The van der Waals surface area contributed by atoms with E-state index in [1.807, 2.05) is 0 Å². The van der Waals surface area contributed by atoms with Crippen LogP contribution in [-0.2, 0) is 29.2 Å². The fourth-order valence-corrected chi connectivity index (χ4v) is 6.39. The average molecular weight is 624 g/mol. The summed E-state index contributed by atoms with van der Waals surface area (Å²) in [5, 5.41) is 0.564. The lowest BCUT2D eigenvalue weighted by Crippen LogP contribution is -2.35. The van der Waals surface area contributed by atoms with Crippen molar-refractivity contribution in [3.05, 3.63) is 75.5 Å². The van der Waals surface area contributed by atoms with Gasteiger partial charge in [0, 0.05) is 78.7 Å². The minimum absolute atomic E-state index is 0.00878. The van der Waals surface area contributed by atoms with Crippen LogP contribution in [0, 0.1) is 11.6 Å². The highest BCUT2D eigenvalue weighted by Gasteiger charge is 2.31. The van der Waals surface area contributed by atoms with Crippen LogP contribution in [0.5, 0.6) is 0 Å². The number of H-pyrrole nitrogens is 1. The SMILES string of the molecule is Cn1cc2c3c(c[nH]c3c1=O)CN(c1ncc(F)cc1F)c1cc(C(=O)N(CCCl)CCCl)c(CS(C)(=O)=O)cc1-2. The third-order valence-electron chi connectivity index (χ3n) is 6.91. The minimum atomic E-state index is -3.62. The van der Waals surface area contributed by atoms with Crippen molar-refractivity contribution in [2.24, 2.45) is 7.05 Å². The van der Waals surface area contributed by atoms with Crippen LogP contribution in [0.4, 0.5) is 20.3 Å². The van der Waals surface area contributed by atoms with Crippen LogP contribution < -0.4 is 10.5 Å². The number of aromatic nitrogens is 3. The molecule has 1 amide bonds. The number of aromatic amines is 1. The molecule has 0 fully saturated rings. The Labute approximate surface area is 244 Å². The molecule has 4 heterocycles. The van der Waals surface area contributed by atoms with Gasteiger partial charge in [-0.2, -0.15) is 0 Å². The molecule has 1 aromatic carbocycles. The topological polar surface area (TPSA) is 108 Å². The number of halogens is 4. The van der Waals surface area contributed by atoms with Gasteiger partial charge in [0.05, 0.1) is 24.2 Å². The standard InChI is InChI=1S/C27H25Cl2F2N5O4S/c1-34-13-20-19-7-15(14-41(2,39)40)18(26(37)35(5-3-28)6-4-29)9-22(19)36(25-21(31)8-17(30)11-33-25)12-16-10-32-24(23(16)20)27(34)38/h7-11,13,32H,3-6,12,14H2,1-2H3. The molecule has 0 bridgehead atoms. The van der Waals surface area contributed by atoms with Crippen molar-refractivity contribution < 1.29 is 22.0 Å². The van der Waals surface area contributed by atoms with Crippen LogP contribution in [0.1, 0.15) is 21.5 Å². The molecule has 0 saturated heterocycles. The van der Waals surface area contributed by atoms with E-state index in [-0.39, 0.29) is 53.9 Å². The lowest BCUT2D eigenvalue weighted by Gasteiger charge is -2.28. The molecular formula is C27H25Cl2F2N5O4S. The molecule has 5 rings (SSSR count). The summed E-state index contributed by atoms with van der Waals surface area (Å²) in [5.74, 6) is -2.75. The number of carbonyl (C=O) groups is 1. The molecular weight excluding hydrogens is 599 g/mol. The molecule has 0 atom stereocenters. The summed E-state index contributed by atoms with van der Waals surface area (Å²) in [6.07, 6.45) is 5.17. The van der Waals surface area contributed by atoms with Gasteiger partial charge in [-0.3, -0.25) is 9.59 Å². The van der Waals surface area contributed by atoms with E-state index in [0.717, 1.165) is 12.5 Å². The highest BCUT2D eigenvalue weighted by Crippen LogP contribution is 2.45. The Bertz CT molecular complexity index is 1850. The third-order valence-corrected chi connectivity index (χ3v) is 8.08. The average Bonchev–Trinajstić information content (AvgIpc) is 3.27. The molecule has 9 nitrogen and oxygen atoms in total. The van der Waals surface area contributed by atoms with Gasteiger partial charge in [-0.25, -0.2) is 22.2 Å². The van der Waals surface area contributed by atoms with E-state index in [1.54, 1.807) is 25.5 Å². The van der Waals surface area contributed by atoms with Gasteiger partial charge in [0.2, 0.25) is 0 Å². The van der Waals surface area contributed by atoms with E-state index in [9.17, 15) is 22.4 Å². The lowest BCUT2D eigenvalue weighted by atomic mass is 9.95. The first-order chi connectivity index (χ1) is 19.4. The molecule has 0 radical (unpaired) electrons. The summed E-state index contributed by atoms with van der Waals surface area (Å²) in [6.45, 7) is 0.329. The van der Waals surface area contributed by atoms with Crippen LogP contribution in [0.3, 0.4) is 0 Å². The molecule has 0 aliphatic carbocycles. The highest BCUT2D eigenvalue weighted by atomic mass is 35.5. The van der Waals surface area contributed by atoms with Gasteiger partial charge in [0.15, 0.2) is 21.5 Å². The molecule has 1 aliphatic rings. The molecule has 0 unspecified atom stereocenters. The van der Waals surface area contributed by atoms with E-state index < -0.39 is 33.1 Å². The Morgan fingerprint density at radius 3 is 2.49 bits per heavy atom. The fourth-order valence-electron chi connectivity index (χ4n) is 5.18. The molecule has 0 saturated carbocycles. The maximum Gasteiger partial charge on any atom is 0.274 e. The fraction of sp³-hybridized carbons (Fsp3) is 0.296. The minimum Gasteiger partial charge on any atom is -0.356 e. The number of hydrogen-bond acceptors (Lipinski definition) is 6. The van der Waals surface area contributed by atoms with E-state index in [2.05, 4.69) is 9.97 Å². The Morgan fingerprint density at radius 1 is 1.15 bits per heavy atom. The monoisotopic (exact) mass is 623 g/mol. The van der Waals surface area contributed by atoms with Crippen molar-refractivity contribution in [3.63, 3.8) is 0 Å². The molecule has 4 aromatic rings. The summed E-state index contributed by atoms with van der Waals surface area (Å²) in [7, 11) is -2.05. The smallest absolute Gasteiger partial charge is 0.274 e. The summed E-state index contributed by atoms with van der Waals surface area (Å²) in [6, 6.07) is 3.76. The highest BCUT2D eigenvalue weighted by molar-refractivity contribution is 7.89. The van der Waals surface area contributed by atoms with Crippen molar-refractivity contribution in [1.29, 1.82) is 0 Å². The predicted octanol–water partition coefficient (Wildman–Crippen LogP) is 4.32. The van der Waals surface area contributed by atoms with Crippen LogP contribution in [-0.4, -0.2) is 64.9 Å². The normalized spacial score (nSPS) is 12.9. The third kappa shape index (κ3) is 5.43. The van der Waals surface area contributed by atoms with Crippen LogP contribution in [0.25, 0.3) is 22.0 Å². The van der Waals surface area contributed by atoms with Crippen LogP contribution >= 0.6 is 23.2 Å². The summed E-state index contributed by atoms with van der Waals surface area (Å²) >= 11 is 11.9. The first kappa shape index (κ1) is 29.0. The predicted molar refractivity (Wildman–Crippen MR) is 155 cm³/mol. The van der Waals surface area contributed by atoms with Crippen molar-refractivity contribution in [1.82, 2.24) is 19.4 Å². The number of nitrogens with zero attached hydrogens (tertiary/aromatic N) is 4. The number of carbonyl (C=O) groups excluding carboxylic acids is 1. The van der Waals surface area contributed by atoms with Gasteiger partial charge in [-0.1, -0.05) is 0 Å². The maximum absolute atomic E-state index is 15.2. The molecule has 41 heavy (non-hydrogen) atoms. The van der Waals surface area contributed by atoms with E-state index in [1.165, 1.54) is 20.4 Å². The zero-order chi connectivity index (χ0) is 29.6. The number of benzene rings is 1. The quantitative estimate of drug-likeness (QED) is 0.293. The molecule has 216 valence electrons. The van der Waals surface area contributed by atoms with E-state index >= 15 is 4.39 Å². The second kappa shape index (κ2) is 11.1. The number of anilines is 2. The number of amides is 1. The van der Waals surface area contributed by atoms with Gasteiger partial charge in [-0.15, -0.1) is 23.2 Å². The number of hydrogen-bond donors (Lipinski definition) is 1. The van der Waals surface area contributed by atoms with Crippen molar-refractivity contribution in [3.8, 4) is 11.1 Å². The molecule has 14 heteroatoms. The molecule has 0 spiro atoms. The van der Waals surface area contributed by atoms with Crippen LogP contribution in [0.2, 0.25) is 0 Å². The van der Waals surface area contributed by atoms with Gasteiger partial charge in [0.25, 0.3) is 11.5 Å². The van der Waals surface area contributed by atoms with Gasteiger partial charge in [0.1, 0.15) is 11.3 Å². The number of alkyl halides is 2. The lowest BCUT2D eigenvalue weighted by molar-refractivity contribution is 0.0774. The zero-order valence-corrected chi connectivity index (χ0v) is 24.4. The Morgan fingerprint density at radius 2 is 1.85 bits per heavy atom. The summed E-state index contributed by atoms with van der Waals surface area (Å²) in [5.41, 5.74) is 2.22. The van der Waals surface area contributed by atoms with E-state index in [4.69, 9.17) is 23.2 Å². The van der Waals surface area contributed by atoms with Crippen molar-refractivity contribution >= 4 is 61.4 Å². The number of nitrogens with one attached hydrogen (secondary N) is 1. The van der Waals surface area contributed by atoms with Gasteiger partial charge >= 0.3 is 0 Å². The second-order valence-electron chi connectivity index (χ2n) is 9.83. The van der Waals surface area contributed by atoms with E-state index in [0.29, 0.717) is 39.3 Å². The number of aryl methyl sites for hydroxylation is 1. The summed E-state index contributed by atoms with van der Waals surface area (Å²) < 4.78 is 55.5. The Hall–Kier alpha value is -3.48. The number of fused-ring (bicyclic) bond motifs is 2. The molecule has 3 aromatic heterocycles. The summed E-state index contributed by atoms with van der Waals surface area (Å²) in [4.78, 5) is 36.7. The number of pyridine rings is 2. The zero-order valence-electron chi connectivity index (χ0n) is 22.0. The van der Waals surface area contributed by atoms with Gasteiger partial charge in [-0.05, 0) is 23.3 Å². The number of sulfone groups is 1. The Kier molecular flexibility index (Phi) is 7.84. The van der Waals surface area contributed by atoms with Gasteiger partial charge < -0.3 is 19.4 Å². The Balaban J connectivity index is 1.87. The molecule has 1 aliphatic heterocycles. The second-order valence-corrected chi connectivity index (χ2v) is 12.7. The first-order valence-electron chi connectivity index (χ1n) is 12.5. The maximum atomic E-state index is 15.2.